The minimum atomic E-state index is -1.06. The molecule has 0 saturated carbocycles. The van der Waals surface area contributed by atoms with Gasteiger partial charge in [0.25, 0.3) is 0 Å². The molecule has 0 unspecified atom stereocenters. The molecule has 0 spiro atoms. The van der Waals surface area contributed by atoms with Crippen LogP contribution in [0.4, 0.5) is 5.69 Å². The average molecular weight is 299 g/mol. The minimum absolute atomic E-state index is 0.271. The van der Waals surface area contributed by atoms with Crippen molar-refractivity contribution in [1.29, 1.82) is 0 Å². The summed E-state index contributed by atoms with van der Waals surface area (Å²) in [5.41, 5.74) is 6.21. The lowest BCUT2D eigenvalue weighted by atomic mass is 9.99. The molecule has 4 N–H and O–H groups in total. The van der Waals surface area contributed by atoms with Gasteiger partial charge in [-0.25, -0.2) is 0 Å². The molecule has 1 aliphatic rings. The Kier molecular flexibility index (Phi) is 5.38. The van der Waals surface area contributed by atoms with Crippen LogP contribution in [0.3, 0.4) is 0 Å². The molecule has 1 aromatic carbocycles. The van der Waals surface area contributed by atoms with E-state index in [0.717, 1.165) is 0 Å². The normalized spacial score (nSPS) is 32.9. The summed E-state index contributed by atoms with van der Waals surface area (Å²) in [6, 6.07) is 6.70. The molecule has 0 aliphatic carbocycles. The number of rotatable bonds is 5. The van der Waals surface area contributed by atoms with Crippen LogP contribution in [-0.4, -0.2) is 61.7 Å². The molecule has 1 fully saturated rings. The molecular weight excluding hydrogens is 278 g/mol. The Balaban J connectivity index is 2.13. The molecule has 1 saturated heterocycles. The van der Waals surface area contributed by atoms with Gasteiger partial charge in [0, 0.05) is 19.9 Å². The van der Waals surface area contributed by atoms with E-state index in [1.807, 2.05) is 0 Å². The largest absolute Gasteiger partial charge is 0.462 e. The van der Waals surface area contributed by atoms with Crippen LogP contribution in [0.2, 0.25) is 0 Å². The van der Waals surface area contributed by atoms with Crippen molar-refractivity contribution >= 4 is 5.69 Å². The van der Waals surface area contributed by atoms with E-state index in [1.54, 1.807) is 24.3 Å². The number of methoxy groups -OCH3 is 2. The summed E-state index contributed by atoms with van der Waals surface area (Å²) in [6.07, 6.45) is -3.93. The molecule has 1 aromatic rings. The number of ether oxygens (including phenoxy) is 4. The zero-order valence-electron chi connectivity index (χ0n) is 12.0. The number of aliphatic hydroxyl groups excluding tert-OH is 2. The highest BCUT2D eigenvalue weighted by Crippen LogP contribution is 2.27. The van der Waals surface area contributed by atoms with Gasteiger partial charge in [-0.3, -0.25) is 0 Å². The van der Waals surface area contributed by atoms with Crippen LogP contribution in [-0.2, 0) is 14.2 Å². The first-order valence-corrected chi connectivity index (χ1v) is 6.63. The lowest BCUT2D eigenvalue weighted by Gasteiger charge is -2.42. The van der Waals surface area contributed by atoms with E-state index in [1.165, 1.54) is 14.2 Å². The molecule has 1 heterocycles. The van der Waals surface area contributed by atoms with Crippen molar-refractivity contribution in [1.82, 2.24) is 0 Å². The van der Waals surface area contributed by atoms with Gasteiger partial charge in [0.2, 0.25) is 6.29 Å². The standard InChI is InChI=1S/C14H21NO6/c1-18-12-10(7-16)21-14(11(17)13(12)19-2)20-9-5-3-8(15)4-6-9/h3-6,10-14,16-17H,7,15H2,1-2H3/t10-,11-,12+,13-,14+/m1/s1. The smallest absolute Gasteiger partial charge is 0.229 e. The van der Waals surface area contributed by atoms with Gasteiger partial charge in [-0.15, -0.1) is 0 Å². The molecule has 5 atom stereocenters. The van der Waals surface area contributed by atoms with Crippen LogP contribution in [0.5, 0.6) is 5.75 Å². The Labute approximate surface area is 123 Å². The summed E-state index contributed by atoms with van der Waals surface area (Å²) >= 11 is 0. The molecule has 0 amide bonds. The van der Waals surface area contributed by atoms with Crippen molar-refractivity contribution in [2.24, 2.45) is 0 Å². The molecule has 1 aliphatic heterocycles. The zero-order chi connectivity index (χ0) is 15.4. The van der Waals surface area contributed by atoms with Crippen LogP contribution < -0.4 is 10.5 Å². The van der Waals surface area contributed by atoms with Gasteiger partial charge in [-0.2, -0.15) is 0 Å². The highest BCUT2D eigenvalue weighted by Gasteiger charge is 2.46. The van der Waals surface area contributed by atoms with Crippen molar-refractivity contribution < 1.29 is 29.2 Å². The number of nitrogen functional groups attached to an aromatic ring is 1. The second kappa shape index (κ2) is 7.06. The van der Waals surface area contributed by atoms with Crippen LogP contribution >= 0.6 is 0 Å². The van der Waals surface area contributed by atoms with E-state index in [0.29, 0.717) is 11.4 Å². The number of aliphatic hydroxyl groups is 2. The first-order chi connectivity index (χ1) is 10.1. The third kappa shape index (κ3) is 3.45. The number of nitrogens with two attached hydrogens (primary N) is 1. The lowest BCUT2D eigenvalue weighted by molar-refractivity contribution is -0.286. The molecule has 7 nitrogen and oxygen atoms in total. The van der Waals surface area contributed by atoms with Crippen LogP contribution in [0.25, 0.3) is 0 Å². The van der Waals surface area contributed by atoms with Gasteiger partial charge >= 0.3 is 0 Å². The van der Waals surface area contributed by atoms with Crippen molar-refractivity contribution in [2.75, 3.05) is 26.6 Å². The maximum Gasteiger partial charge on any atom is 0.229 e. The van der Waals surface area contributed by atoms with Gasteiger partial charge in [-0.1, -0.05) is 0 Å². The zero-order valence-corrected chi connectivity index (χ0v) is 12.0. The van der Waals surface area contributed by atoms with E-state index in [-0.39, 0.29) is 6.61 Å². The minimum Gasteiger partial charge on any atom is -0.462 e. The van der Waals surface area contributed by atoms with E-state index in [2.05, 4.69) is 0 Å². The van der Waals surface area contributed by atoms with E-state index < -0.39 is 30.7 Å². The second-order valence-corrected chi connectivity index (χ2v) is 4.80. The van der Waals surface area contributed by atoms with E-state index in [4.69, 9.17) is 24.7 Å². The van der Waals surface area contributed by atoms with Crippen molar-refractivity contribution in [3.05, 3.63) is 24.3 Å². The second-order valence-electron chi connectivity index (χ2n) is 4.80. The third-order valence-electron chi connectivity index (χ3n) is 3.47. The fourth-order valence-corrected chi connectivity index (χ4v) is 2.38. The van der Waals surface area contributed by atoms with Crippen LogP contribution in [0.1, 0.15) is 0 Å². The van der Waals surface area contributed by atoms with Crippen LogP contribution in [0, 0.1) is 0 Å². The Morgan fingerprint density at radius 2 is 1.76 bits per heavy atom. The molecule has 0 bridgehead atoms. The predicted octanol–water partition coefficient (Wildman–Crippen LogP) is -0.244. The molecule has 2 rings (SSSR count). The molecular formula is C14H21NO6. The predicted molar refractivity (Wildman–Crippen MR) is 74.8 cm³/mol. The maximum atomic E-state index is 10.3. The molecule has 0 radical (unpaired) electrons. The van der Waals surface area contributed by atoms with Gasteiger partial charge in [0.05, 0.1) is 6.61 Å². The first-order valence-electron chi connectivity index (χ1n) is 6.63. The Bertz CT molecular complexity index is 440. The van der Waals surface area contributed by atoms with Crippen LogP contribution in [0.15, 0.2) is 24.3 Å². The van der Waals surface area contributed by atoms with Gasteiger partial charge in [0.15, 0.2) is 0 Å². The number of hydrogen-bond acceptors (Lipinski definition) is 7. The number of hydrogen-bond donors (Lipinski definition) is 3. The fraction of sp³-hybridized carbons (Fsp3) is 0.571. The van der Waals surface area contributed by atoms with E-state index in [9.17, 15) is 10.2 Å². The first kappa shape index (κ1) is 16.0. The highest BCUT2D eigenvalue weighted by atomic mass is 16.7. The van der Waals surface area contributed by atoms with E-state index >= 15 is 0 Å². The number of benzene rings is 1. The maximum absolute atomic E-state index is 10.3. The van der Waals surface area contributed by atoms with Gasteiger partial charge < -0.3 is 34.9 Å². The van der Waals surface area contributed by atoms with Gasteiger partial charge in [-0.05, 0) is 24.3 Å². The number of anilines is 1. The Morgan fingerprint density at radius 3 is 2.29 bits per heavy atom. The molecule has 7 heteroatoms. The Hall–Kier alpha value is -1.38. The quantitative estimate of drug-likeness (QED) is 0.644. The molecule has 21 heavy (non-hydrogen) atoms. The average Bonchev–Trinajstić information content (AvgIpc) is 2.50. The molecule has 118 valence electrons. The summed E-state index contributed by atoms with van der Waals surface area (Å²) in [7, 11) is 2.93. The molecule has 0 aromatic heterocycles. The third-order valence-corrected chi connectivity index (χ3v) is 3.47. The van der Waals surface area contributed by atoms with Crippen molar-refractivity contribution in [2.45, 2.75) is 30.7 Å². The summed E-state index contributed by atoms with van der Waals surface area (Å²) in [6.45, 7) is -0.271. The summed E-state index contributed by atoms with van der Waals surface area (Å²) in [4.78, 5) is 0. The van der Waals surface area contributed by atoms with Crippen molar-refractivity contribution in [3.63, 3.8) is 0 Å². The SMILES string of the molecule is CO[C@@H]1[C@@H](O)[C@@H](Oc2ccc(N)cc2)O[C@H](CO)[C@@H]1OC. The summed E-state index contributed by atoms with van der Waals surface area (Å²) < 4.78 is 21.7. The summed E-state index contributed by atoms with van der Waals surface area (Å²) in [5.74, 6) is 0.496. The monoisotopic (exact) mass is 299 g/mol. The topological polar surface area (TPSA) is 103 Å². The Morgan fingerprint density at radius 1 is 1.14 bits per heavy atom. The van der Waals surface area contributed by atoms with Gasteiger partial charge in [0.1, 0.15) is 30.2 Å². The lowest BCUT2D eigenvalue weighted by Crippen LogP contribution is -2.61. The highest BCUT2D eigenvalue weighted by molar-refractivity contribution is 5.41. The fourth-order valence-electron chi connectivity index (χ4n) is 2.38. The van der Waals surface area contributed by atoms with Crippen molar-refractivity contribution in [3.8, 4) is 5.75 Å². The summed E-state index contributed by atoms with van der Waals surface area (Å²) in [5, 5.41) is 19.7.